The Labute approximate surface area is 89.1 Å². The van der Waals surface area contributed by atoms with E-state index in [1.165, 1.54) is 6.42 Å². The average molecular weight is 205 g/mol. The van der Waals surface area contributed by atoms with Gasteiger partial charge >= 0.3 is 0 Å². The van der Waals surface area contributed by atoms with Crippen molar-refractivity contribution in [1.29, 1.82) is 0 Å². The van der Waals surface area contributed by atoms with Gasteiger partial charge in [0.05, 0.1) is 5.56 Å². The van der Waals surface area contributed by atoms with E-state index in [2.05, 4.69) is 9.88 Å². The summed E-state index contributed by atoms with van der Waals surface area (Å²) in [5.74, 6) is 0.341. The minimum atomic E-state index is -0.399. The van der Waals surface area contributed by atoms with Crippen molar-refractivity contribution in [3.63, 3.8) is 0 Å². The Morgan fingerprint density at radius 2 is 2.07 bits per heavy atom. The van der Waals surface area contributed by atoms with Crippen LogP contribution >= 0.6 is 0 Å². The van der Waals surface area contributed by atoms with Crippen LogP contribution in [-0.2, 0) is 0 Å². The van der Waals surface area contributed by atoms with Crippen molar-refractivity contribution in [2.75, 3.05) is 18.0 Å². The van der Waals surface area contributed by atoms with Crippen LogP contribution in [0.4, 0.5) is 5.82 Å². The smallest absolute Gasteiger partial charge is 0.252 e. The Balaban J connectivity index is 2.29. The molecular formula is C11H15N3O. The molecule has 0 aromatic carbocycles. The first kappa shape index (κ1) is 9.96. The van der Waals surface area contributed by atoms with Gasteiger partial charge in [-0.2, -0.15) is 0 Å². The molecule has 1 aliphatic rings. The highest BCUT2D eigenvalue weighted by Crippen LogP contribution is 2.20. The predicted molar refractivity (Wildman–Crippen MR) is 58.8 cm³/mol. The lowest BCUT2D eigenvalue weighted by Crippen LogP contribution is -2.32. The van der Waals surface area contributed by atoms with Crippen molar-refractivity contribution in [3.05, 3.63) is 23.9 Å². The van der Waals surface area contributed by atoms with Crippen LogP contribution < -0.4 is 10.6 Å². The first-order chi connectivity index (χ1) is 7.29. The highest BCUT2D eigenvalue weighted by atomic mass is 16.1. The van der Waals surface area contributed by atoms with Gasteiger partial charge in [0, 0.05) is 19.3 Å². The van der Waals surface area contributed by atoms with E-state index >= 15 is 0 Å². The van der Waals surface area contributed by atoms with Crippen molar-refractivity contribution in [3.8, 4) is 0 Å². The zero-order chi connectivity index (χ0) is 10.7. The van der Waals surface area contributed by atoms with Crippen molar-refractivity contribution in [1.82, 2.24) is 4.98 Å². The van der Waals surface area contributed by atoms with Crippen molar-refractivity contribution in [2.24, 2.45) is 5.73 Å². The summed E-state index contributed by atoms with van der Waals surface area (Å²) in [7, 11) is 0. The molecule has 80 valence electrons. The summed E-state index contributed by atoms with van der Waals surface area (Å²) in [6.07, 6.45) is 5.29. The summed E-state index contributed by atoms with van der Waals surface area (Å²) in [6, 6.07) is 3.48. The molecule has 2 heterocycles. The van der Waals surface area contributed by atoms with E-state index in [-0.39, 0.29) is 0 Å². The largest absolute Gasteiger partial charge is 0.365 e. The molecule has 0 atom stereocenters. The Morgan fingerprint density at radius 1 is 1.33 bits per heavy atom. The fourth-order valence-corrected chi connectivity index (χ4v) is 1.95. The Kier molecular flexibility index (Phi) is 2.85. The van der Waals surface area contributed by atoms with Gasteiger partial charge < -0.3 is 10.6 Å². The van der Waals surface area contributed by atoms with Gasteiger partial charge in [-0.3, -0.25) is 4.79 Å². The quantitative estimate of drug-likeness (QED) is 0.788. The molecule has 1 saturated heterocycles. The summed E-state index contributed by atoms with van der Waals surface area (Å²) in [5, 5.41) is 0. The number of nitrogens with two attached hydrogens (primary N) is 1. The molecule has 1 aliphatic heterocycles. The number of piperidine rings is 1. The molecule has 1 fully saturated rings. The van der Waals surface area contributed by atoms with Gasteiger partial charge in [-0.1, -0.05) is 0 Å². The minimum Gasteiger partial charge on any atom is -0.365 e. The third-order valence-corrected chi connectivity index (χ3v) is 2.71. The number of hydrogen-bond acceptors (Lipinski definition) is 3. The van der Waals surface area contributed by atoms with Crippen LogP contribution in [0.5, 0.6) is 0 Å². The topological polar surface area (TPSA) is 59.2 Å². The van der Waals surface area contributed by atoms with E-state index in [1.54, 1.807) is 18.3 Å². The van der Waals surface area contributed by atoms with Gasteiger partial charge in [0.2, 0.25) is 0 Å². The molecule has 0 aliphatic carbocycles. The van der Waals surface area contributed by atoms with E-state index in [4.69, 9.17) is 5.73 Å². The Hall–Kier alpha value is -1.58. The maximum Gasteiger partial charge on any atom is 0.252 e. The number of nitrogens with zero attached hydrogens (tertiary/aromatic N) is 2. The lowest BCUT2D eigenvalue weighted by atomic mass is 10.1. The first-order valence-electron chi connectivity index (χ1n) is 5.29. The molecule has 0 saturated carbocycles. The summed E-state index contributed by atoms with van der Waals surface area (Å²) < 4.78 is 0. The van der Waals surface area contributed by atoms with Crippen molar-refractivity contribution in [2.45, 2.75) is 19.3 Å². The van der Waals surface area contributed by atoms with Gasteiger partial charge in [-0.05, 0) is 31.4 Å². The SMILES string of the molecule is NC(=O)c1cccnc1N1CCCCC1. The molecule has 0 bridgehead atoms. The predicted octanol–water partition coefficient (Wildman–Crippen LogP) is 1.17. The Bertz CT molecular complexity index is 359. The third kappa shape index (κ3) is 2.09. The molecule has 1 aromatic rings. The highest BCUT2D eigenvalue weighted by Gasteiger charge is 2.17. The zero-order valence-corrected chi connectivity index (χ0v) is 8.65. The van der Waals surface area contributed by atoms with Gasteiger partial charge in [0.1, 0.15) is 5.82 Å². The van der Waals surface area contributed by atoms with Gasteiger partial charge in [-0.25, -0.2) is 4.98 Å². The van der Waals surface area contributed by atoms with Crippen LogP contribution in [0, 0.1) is 0 Å². The van der Waals surface area contributed by atoms with Crippen LogP contribution in [-0.4, -0.2) is 24.0 Å². The second-order valence-electron chi connectivity index (χ2n) is 3.79. The fraction of sp³-hybridized carbons (Fsp3) is 0.455. The number of pyridine rings is 1. The fourth-order valence-electron chi connectivity index (χ4n) is 1.95. The standard InChI is InChI=1S/C11H15N3O/c12-10(15)9-5-4-6-13-11(9)14-7-2-1-3-8-14/h4-6H,1-3,7-8H2,(H2,12,15). The lowest BCUT2D eigenvalue weighted by molar-refractivity contribution is 0.100. The molecule has 4 heteroatoms. The van der Waals surface area contributed by atoms with Crippen LogP contribution in [0.3, 0.4) is 0 Å². The number of amides is 1. The molecule has 0 unspecified atom stereocenters. The van der Waals surface area contributed by atoms with Crippen LogP contribution in [0.25, 0.3) is 0 Å². The summed E-state index contributed by atoms with van der Waals surface area (Å²) >= 11 is 0. The van der Waals surface area contributed by atoms with E-state index in [1.807, 2.05) is 0 Å². The number of carbonyl (C=O) groups is 1. The minimum absolute atomic E-state index is 0.399. The first-order valence-corrected chi connectivity index (χ1v) is 5.29. The number of aromatic nitrogens is 1. The number of hydrogen-bond donors (Lipinski definition) is 1. The maximum atomic E-state index is 11.2. The molecule has 2 N–H and O–H groups in total. The zero-order valence-electron chi connectivity index (χ0n) is 8.65. The molecule has 0 radical (unpaired) electrons. The number of primary amides is 1. The normalized spacial score (nSPS) is 16.4. The summed E-state index contributed by atoms with van der Waals surface area (Å²) in [5.41, 5.74) is 5.84. The molecule has 15 heavy (non-hydrogen) atoms. The van der Waals surface area contributed by atoms with Crippen molar-refractivity contribution >= 4 is 11.7 Å². The second kappa shape index (κ2) is 4.29. The second-order valence-corrected chi connectivity index (χ2v) is 3.79. The molecule has 4 nitrogen and oxygen atoms in total. The molecule has 2 rings (SSSR count). The van der Waals surface area contributed by atoms with Crippen LogP contribution in [0.2, 0.25) is 0 Å². The van der Waals surface area contributed by atoms with Gasteiger partial charge in [0.25, 0.3) is 5.91 Å². The third-order valence-electron chi connectivity index (χ3n) is 2.71. The molecule has 1 amide bonds. The van der Waals surface area contributed by atoms with Crippen molar-refractivity contribution < 1.29 is 4.79 Å². The van der Waals surface area contributed by atoms with Crippen LogP contribution in [0.15, 0.2) is 18.3 Å². The van der Waals surface area contributed by atoms with Gasteiger partial charge in [0.15, 0.2) is 0 Å². The van der Waals surface area contributed by atoms with Crippen LogP contribution in [0.1, 0.15) is 29.6 Å². The molecule has 0 spiro atoms. The summed E-state index contributed by atoms with van der Waals surface area (Å²) in [6.45, 7) is 1.94. The number of anilines is 1. The van der Waals surface area contributed by atoms with E-state index < -0.39 is 5.91 Å². The van der Waals surface area contributed by atoms with Gasteiger partial charge in [-0.15, -0.1) is 0 Å². The Morgan fingerprint density at radius 3 is 2.73 bits per heavy atom. The molecule has 1 aromatic heterocycles. The monoisotopic (exact) mass is 205 g/mol. The lowest BCUT2D eigenvalue weighted by Gasteiger charge is -2.28. The van der Waals surface area contributed by atoms with E-state index in [9.17, 15) is 4.79 Å². The highest BCUT2D eigenvalue weighted by molar-refractivity contribution is 5.97. The maximum absolute atomic E-state index is 11.2. The van der Waals surface area contributed by atoms with E-state index in [0.717, 1.165) is 31.7 Å². The number of rotatable bonds is 2. The summed E-state index contributed by atoms with van der Waals surface area (Å²) in [4.78, 5) is 17.6. The van der Waals surface area contributed by atoms with E-state index in [0.29, 0.717) is 5.56 Å². The number of carbonyl (C=O) groups excluding carboxylic acids is 1. The molecular weight excluding hydrogens is 190 g/mol. The average Bonchev–Trinajstić information content (AvgIpc) is 2.30.